The lowest BCUT2D eigenvalue weighted by molar-refractivity contribution is 0.0765. The predicted octanol–water partition coefficient (Wildman–Crippen LogP) is 5.16. The van der Waals surface area contributed by atoms with Crippen molar-refractivity contribution in [3.05, 3.63) is 69.7 Å². The fraction of sp³-hybridized carbons (Fsp3) is 0.429. The lowest BCUT2D eigenvalue weighted by atomic mass is 9.83. The van der Waals surface area contributed by atoms with E-state index < -0.39 is 0 Å². The average molecular weight is 377 g/mol. The van der Waals surface area contributed by atoms with E-state index in [1.165, 1.54) is 17.5 Å². The second-order valence-corrected chi connectivity index (χ2v) is 7.98. The van der Waals surface area contributed by atoms with Crippen molar-refractivity contribution in [3.63, 3.8) is 0 Å². The van der Waals surface area contributed by atoms with Crippen LogP contribution in [-0.2, 0) is 12.8 Å². The first-order chi connectivity index (χ1) is 12.0. The summed E-state index contributed by atoms with van der Waals surface area (Å²) < 4.78 is 0. The first-order valence-corrected chi connectivity index (χ1v) is 9.77. The molecule has 4 heteroatoms. The van der Waals surface area contributed by atoms with Gasteiger partial charge in [-0.05, 0) is 61.8 Å². The van der Waals surface area contributed by atoms with Gasteiger partial charge in [-0.1, -0.05) is 59.6 Å². The molecule has 1 heterocycles. The van der Waals surface area contributed by atoms with Crippen LogP contribution in [0.15, 0.2) is 48.5 Å². The number of hydrogen-bond donors (Lipinski definition) is 1. The molecule has 0 spiro atoms. The molecule has 2 aromatic carbocycles. The van der Waals surface area contributed by atoms with Crippen LogP contribution in [0.4, 0.5) is 0 Å². The summed E-state index contributed by atoms with van der Waals surface area (Å²) in [5, 5.41) is 1.24. The molecular formula is C21H26Cl2N2. The van der Waals surface area contributed by atoms with Crippen LogP contribution in [0.25, 0.3) is 0 Å². The van der Waals surface area contributed by atoms with Gasteiger partial charge < -0.3 is 5.73 Å². The maximum absolute atomic E-state index is 6.24. The van der Waals surface area contributed by atoms with Crippen LogP contribution in [0, 0.1) is 5.92 Å². The molecule has 1 saturated heterocycles. The highest BCUT2D eigenvalue weighted by Crippen LogP contribution is 2.30. The normalized spacial score (nSPS) is 22.7. The molecule has 0 amide bonds. The molecule has 0 aliphatic carbocycles. The number of rotatable bonds is 5. The molecule has 3 rings (SSSR count). The van der Waals surface area contributed by atoms with Crippen LogP contribution < -0.4 is 5.73 Å². The largest absolute Gasteiger partial charge is 0.316 e. The summed E-state index contributed by atoms with van der Waals surface area (Å²) in [5.41, 5.74) is 8.90. The molecule has 0 aromatic heterocycles. The van der Waals surface area contributed by atoms with Crippen molar-refractivity contribution in [1.29, 1.82) is 0 Å². The number of nitrogens with zero attached hydrogens (tertiary/aromatic N) is 1. The molecule has 0 saturated carbocycles. The highest BCUT2D eigenvalue weighted by Gasteiger charge is 2.30. The minimum absolute atomic E-state index is 0.0745. The molecule has 25 heavy (non-hydrogen) atoms. The molecular weight excluding hydrogens is 351 g/mol. The monoisotopic (exact) mass is 376 g/mol. The van der Waals surface area contributed by atoms with E-state index in [9.17, 15) is 0 Å². The molecule has 134 valence electrons. The second kappa shape index (κ2) is 8.55. The van der Waals surface area contributed by atoms with E-state index in [1.807, 2.05) is 12.1 Å². The van der Waals surface area contributed by atoms with Gasteiger partial charge in [-0.15, -0.1) is 0 Å². The Morgan fingerprint density at radius 1 is 1.04 bits per heavy atom. The zero-order valence-electron chi connectivity index (χ0n) is 14.7. The van der Waals surface area contributed by atoms with Crippen LogP contribution in [0.2, 0.25) is 10.0 Å². The van der Waals surface area contributed by atoms with Gasteiger partial charge in [0.2, 0.25) is 0 Å². The molecule has 3 unspecified atom stereocenters. The van der Waals surface area contributed by atoms with E-state index in [4.69, 9.17) is 28.9 Å². The Bertz CT molecular complexity index is 688. The number of piperidine rings is 1. The number of nitrogens with two attached hydrogens (primary N) is 1. The molecule has 0 radical (unpaired) electrons. The van der Waals surface area contributed by atoms with Crippen LogP contribution in [0.5, 0.6) is 0 Å². The molecule has 1 aliphatic heterocycles. The number of likely N-dealkylation sites (tertiary alicyclic amines) is 1. The summed E-state index contributed by atoms with van der Waals surface area (Å²) in [7, 11) is 0. The van der Waals surface area contributed by atoms with E-state index in [0.29, 0.717) is 22.0 Å². The maximum Gasteiger partial charge on any atom is 0.0595 e. The predicted molar refractivity (Wildman–Crippen MR) is 107 cm³/mol. The molecule has 2 aromatic rings. The zero-order chi connectivity index (χ0) is 17.8. The van der Waals surface area contributed by atoms with Gasteiger partial charge in [0.05, 0.1) is 16.2 Å². The lowest BCUT2D eigenvalue weighted by Crippen LogP contribution is -2.51. The molecule has 0 bridgehead atoms. The minimum Gasteiger partial charge on any atom is -0.316 e. The SMILES string of the molecule is CC(N)N1CCC(Cc2ccccc2)CC1Cc1ccc(Cl)c(Cl)c1. The lowest BCUT2D eigenvalue weighted by Gasteiger charge is -2.42. The Hall–Kier alpha value is -1.06. The summed E-state index contributed by atoms with van der Waals surface area (Å²) in [4.78, 5) is 2.43. The van der Waals surface area contributed by atoms with Crippen LogP contribution in [-0.4, -0.2) is 23.7 Å². The van der Waals surface area contributed by atoms with Crippen molar-refractivity contribution >= 4 is 23.2 Å². The third-order valence-corrected chi connectivity index (χ3v) is 5.95. The van der Waals surface area contributed by atoms with Gasteiger partial charge in [-0.2, -0.15) is 0 Å². The average Bonchev–Trinajstić information content (AvgIpc) is 2.59. The highest BCUT2D eigenvalue weighted by atomic mass is 35.5. The van der Waals surface area contributed by atoms with Gasteiger partial charge in [-0.25, -0.2) is 0 Å². The zero-order valence-corrected chi connectivity index (χ0v) is 16.2. The fourth-order valence-electron chi connectivity index (χ4n) is 3.96. The van der Waals surface area contributed by atoms with Gasteiger partial charge in [-0.3, -0.25) is 4.90 Å². The smallest absolute Gasteiger partial charge is 0.0595 e. The Labute approximate surface area is 160 Å². The van der Waals surface area contributed by atoms with Crippen molar-refractivity contribution in [2.75, 3.05) is 6.54 Å². The third-order valence-electron chi connectivity index (χ3n) is 5.22. The minimum atomic E-state index is 0.0745. The summed E-state index contributed by atoms with van der Waals surface area (Å²) >= 11 is 12.2. The second-order valence-electron chi connectivity index (χ2n) is 7.16. The summed E-state index contributed by atoms with van der Waals surface area (Å²) in [6.45, 7) is 3.14. The van der Waals surface area contributed by atoms with Crippen LogP contribution in [0.3, 0.4) is 0 Å². The van der Waals surface area contributed by atoms with E-state index in [2.05, 4.69) is 48.2 Å². The number of halogens is 2. The quantitative estimate of drug-likeness (QED) is 0.780. The highest BCUT2D eigenvalue weighted by molar-refractivity contribution is 6.42. The first kappa shape index (κ1) is 18.7. The molecule has 2 nitrogen and oxygen atoms in total. The van der Waals surface area contributed by atoms with Gasteiger partial charge in [0, 0.05) is 12.6 Å². The molecule has 1 aliphatic rings. The van der Waals surface area contributed by atoms with E-state index in [-0.39, 0.29) is 6.17 Å². The summed E-state index contributed by atoms with van der Waals surface area (Å²) in [6.07, 6.45) is 4.55. The van der Waals surface area contributed by atoms with E-state index >= 15 is 0 Å². The van der Waals surface area contributed by atoms with Crippen molar-refractivity contribution < 1.29 is 0 Å². The van der Waals surface area contributed by atoms with E-state index in [0.717, 1.165) is 25.8 Å². The van der Waals surface area contributed by atoms with Crippen LogP contribution >= 0.6 is 23.2 Å². The Morgan fingerprint density at radius 3 is 2.48 bits per heavy atom. The van der Waals surface area contributed by atoms with Gasteiger partial charge in [0.15, 0.2) is 0 Å². The van der Waals surface area contributed by atoms with Gasteiger partial charge >= 0.3 is 0 Å². The topological polar surface area (TPSA) is 29.3 Å². The summed E-state index contributed by atoms with van der Waals surface area (Å²) in [6, 6.07) is 17.2. The number of benzene rings is 2. The van der Waals surface area contributed by atoms with Crippen molar-refractivity contribution in [1.82, 2.24) is 4.90 Å². The van der Waals surface area contributed by atoms with Crippen molar-refractivity contribution in [2.45, 2.75) is 44.8 Å². The maximum atomic E-state index is 6.24. The van der Waals surface area contributed by atoms with E-state index in [1.54, 1.807) is 0 Å². The fourth-order valence-corrected chi connectivity index (χ4v) is 4.28. The summed E-state index contributed by atoms with van der Waals surface area (Å²) in [5.74, 6) is 0.699. The van der Waals surface area contributed by atoms with Crippen molar-refractivity contribution in [2.24, 2.45) is 11.7 Å². The first-order valence-electron chi connectivity index (χ1n) is 9.02. The molecule has 1 fully saturated rings. The molecule has 3 atom stereocenters. The van der Waals surface area contributed by atoms with Crippen LogP contribution in [0.1, 0.15) is 30.9 Å². The van der Waals surface area contributed by atoms with Crippen molar-refractivity contribution in [3.8, 4) is 0 Å². The standard InChI is InChI=1S/C21H26Cl2N2/c1-15(24)25-10-9-18(11-16-5-3-2-4-6-16)13-19(25)12-17-7-8-20(22)21(23)14-17/h2-8,14-15,18-19H,9-13,24H2,1H3. The molecule has 2 N–H and O–H groups in total. The Morgan fingerprint density at radius 2 is 1.80 bits per heavy atom. The van der Waals surface area contributed by atoms with Gasteiger partial charge in [0.25, 0.3) is 0 Å². The number of hydrogen-bond acceptors (Lipinski definition) is 2. The Balaban J connectivity index is 1.71. The van der Waals surface area contributed by atoms with Gasteiger partial charge in [0.1, 0.15) is 0 Å². The Kier molecular flexibility index (Phi) is 6.40. The third kappa shape index (κ3) is 4.98.